The molecule has 0 unspecified atom stereocenters. The van der Waals surface area contributed by atoms with Crippen LogP contribution in [-0.4, -0.2) is 30.3 Å². The van der Waals surface area contributed by atoms with Gasteiger partial charge in [-0.3, -0.25) is 9.59 Å². The third kappa shape index (κ3) is 3.43. The molecular weight excluding hydrogens is 274 g/mol. The van der Waals surface area contributed by atoms with E-state index in [9.17, 15) is 18.4 Å². The van der Waals surface area contributed by atoms with Gasteiger partial charge in [0, 0.05) is 17.7 Å². The van der Waals surface area contributed by atoms with E-state index in [1.807, 2.05) is 0 Å². The maximum atomic E-state index is 13.7. The zero-order valence-corrected chi connectivity index (χ0v) is 11.0. The molecule has 110 valence electrons. The monoisotopic (exact) mass is 288 g/mol. The summed E-state index contributed by atoms with van der Waals surface area (Å²) >= 11 is 0. The van der Waals surface area contributed by atoms with Gasteiger partial charge in [-0.2, -0.15) is 0 Å². The molecule has 0 saturated carbocycles. The lowest BCUT2D eigenvalue weighted by Crippen LogP contribution is -2.28. The van der Waals surface area contributed by atoms with E-state index in [1.165, 1.54) is 13.8 Å². The predicted octanol–water partition coefficient (Wildman–Crippen LogP) is 1.88. The fourth-order valence-electron chi connectivity index (χ4n) is 1.63. The summed E-state index contributed by atoms with van der Waals surface area (Å²) in [6.07, 6.45) is 0. The van der Waals surface area contributed by atoms with E-state index in [-0.39, 0.29) is 13.2 Å². The number of ether oxygens (including phenoxy) is 2. The smallest absolute Gasteiger partial charge is 0.325 e. The van der Waals surface area contributed by atoms with Crippen molar-refractivity contribution in [2.75, 3.05) is 13.2 Å². The zero-order valence-electron chi connectivity index (χ0n) is 11.0. The number of esters is 2. The van der Waals surface area contributed by atoms with E-state index in [0.717, 1.165) is 0 Å². The van der Waals surface area contributed by atoms with Crippen LogP contribution < -0.4 is 0 Å². The number of halogens is 2. The van der Waals surface area contributed by atoms with E-state index in [2.05, 4.69) is 9.47 Å². The summed E-state index contributed by atoms with van der Waals surface area (Å²) in [5.41, 5.74) is -0.806. The van der Waals surface area contributed by atoms with Crippen molar-refractivity contribution in [3.8, 4) is 5.75 Å². The Labute approximate surface area is 114 Å². The van der Waals surface area contributed by atoms with Gasteiger partial charge in [0.25, 0.3) is 0 Å². The quantitative estimate of drug-likeness (QED) is 0.661. The molecule has 0 bridgehead atoms. The lowest BCUT2D eigenvalue weighted by atomic mass is 9.97. The first-order valence-electron chi connectivity index (χ1n) is 5.93. The number of hydrogen-bond donors (Lipinski definition) is 1. The molecule has 0 heterocycles. The Morgan fingerprint density at radius 1 is 1.10 bits per heavy atom. The van der Waals surface area contributed by atoms with Crippen LogP contribution in [0.5, 0.6) is 5.75 Å². The van der Waals surface area contributed by atoms with E-state index in [0.29, 0.717) is 12.1 Å². The summed E-state index contributed by atoms with van der Waals surface area (Å²) in [5.74, 6) is -7.21. The molecule has 0 atom stereocenters. The third-order valence-corrected chi connectivity index (χ3v) is 2.40. The van der Waals surface area contributed by atoms with E-state index >= 15 is 0 Å². The fraction of sp³-hybridized carbons (Fsp3) is 0.385. The number of carbonyl (C=O) groups is 2. The molecule has 0 fully saturated rings. The molecule has 20 heavy (non-hydrogen) atoms. The summed E-state index contributed by atoms with van der Waals surface area (Å²) in [4.78, 5) is 23.5. The summed E-state index contributed by atoms with van der Waals surface area (Å²) in [6, 6.07) is 1.20. The highest BCUT2D eigenvalue weighted by Gasteiger charge is 2.36. The van der Waals surface area contributed by atoms with Crippen molar-refractivity contribution in [2.45, 2.75) is 19.8 Å². The minimum Gasteiger partial charge on any atom is -0.508 e. The van der Waals surface area contributed by atoms with Crippen molar-refractivity contribution in [1.29, 1.82) is 0 Å². The lowest BCUT2D eigenvalue weighted by molar-refractivity contribution is -0.157. The maximum absolute atomic E-state index is 13.7. The summed E-state index contributed by atoms with van der Waals surface area (Å²) in [7, 11) is 0. The molecule has 5 nitrogen and oxygen atoms in total. The van der Waals surface area contributed by atoms with Crippen LogP contribution in [0.1, 0.15) is 25.3 Å². The lowest BCUT2D eigenvalue weighted by Gasteiger charge is -2.16. The Hall–Kier alpha value is -2.18. The average molecular weight is 288 g/mol. The molecule has 0 aliphatic rings. The highest BCUT2D eigenvalue weighted by atomic mass is 19.1. The van der Waals surface area contributed by atoms with Gasteiger partial charge in [0.1, 0.15) is 17.4 Å². The minimum atomic E-state index is -1.87. The predicted molar refractivity (Wildman–Crippen MR) is 64.0 cm³/mol. The Balaban J connectivity index is 3.30. The van der Waals surface area contributed by atoms with Crippen molar-refractivity contribution in [1.82, 2.24) is 0 Å². The largest absolute Gasteiger partial charge is 0.508 e. The number of aromatic hydroxyl groups is 1. The van der Waals surface area contributed by atoms with Gasteiger partial charge in [0.15, 0.2) is 5.92 Å². The number of carbonyl (C=O) groups excluding carboxylic acids is 2. The van der Waals surface area contributed by atoms with Crippen LogP contribution in [0.2, 0.25) is 0 Å². The molecule has 1 aromatic carbocycles. The first-order chi connectivity index (χ1) is 9.42. The molecule has 1 rings (SSSR count). The second-order valence-electron chi connectivity index (χ2n) is 3.76. The molecule has 1 aromatic rings. The fourth-order valence-corrected chi connectivity index (χ4v) is 1.63. The zero-order chi connectivity index (χ0) is 15.3. The molecule has 0 aromatic heterocycles. The summed E-state index contributed by atoms with van der Waals surface area (Å²) in [6.45, 7) is 2.86. The van der Waals surface area contributed by atoms with Gasteiger partial charge in [-0.1, -0.05) is 0 Å². The Morgan fingerprint density at radius 2 is 1.50 bits per heavy atom. The topological polar surface area (TPSA) is 72.8 Å². The number of benzene rings is 1. The molecule has 1 N–H and O–H groups in total. The van der Waals surface area contributed by atoms with Gasteiger partial charge in [-0.15, -0.1) is 0 Å². The highest BCUT2D eigenvalue weighted by Crippen LogP contribution is 2.28. The van der Waals surface area contributed by atoms with Gasteiger partial charge in [0.2, 0.25) is 0 Å². The Kier molecular flexibility index (Phi) is 5.42. The maximum Gasteiger partial charge on any atom is 0.325 e. The Morgan fingerprint density at radius 3 is 1.85 bits per heavy atom. The van der Waals surface area contributed by atoms with Gasteiger partial charge in [-0.25, -0.2) is 8.78 Å². The number of hydrogen-bond acceptors (Lipinski definition) is 5. The van der Waals surface area contributed by atoms with Gasteiger partial charge >= 0.3 is 11.9 Å². The van der Waals surface area contributed by atoms with Gasteiger partial charge in [0.05, 0.1) is 13.2 Å². The van der Waals surface area contributed by atoms with Crippen LogP contribution in [0, 0.1) is 11.6 Å². The molecule has 0 aliphatic carbocycles. The van der Waals surface area contributed by atoms with Crippen molar-refractivity contribution >= 4 is 11.9 Å². The minimum absolute atomic E-state index is 0.0595. The van der Waals surface area contributed by atoms with Crippen LogP contribution >= 0.6 is 0 Å². The van der Waals surface area contributed by atoms with Crippen molar-refractivity contribution in [3.05, 3.63) is 29.3 Å². The first-order valence-corrected chi connectivity index (χ1v) is 5.93. The van der Waals surface area contributed by atoms with Crippen LogP contribution in [0.25, 0.3) is 0 Å². The summed E-state index contributed by atoms with van der Waals surface area (Å²) < 4.78 is 36.8. The van der Waals surface area contributed by atoms with E-state index in [4.69, 9.17) is 5.11 Å². The van der Waals surface area contributed by atoms with Crippen LogP contribution in [-0.2, 0) is 19.1 Å². The van der Waals surface area contributed by atoms with E-state index < -0.39 is 40.8 Å². The van der Waals surface area contributed by atoms with Crippen LogP contribution in [0.15, 0.2) is 12.1 Å². The number of phenols is 1. The van der Waals surface area contributed by atoms with Crippen LogP contribution in [0.3, 0.4) is 0 Å². The molecule has 7 heteroatoms. The first kappa shape index (κ1) is 15.9. The van der Waals surface area contributed by atoms with Crippen LogP contribution in [0.4, 0.5) is 8.78 Å². The normalized spacial score (nSPS) is 10.4. The standard InChI is InChI=1S/C13H14F2O5/c1-3-19-12(17)11(13(18)20-4-2)10-8(14)5-7(16)6-9(10)15/h5-6,11,16H,3-4H2,1-2H3. The van der Waals surface area contributed by atoms with Crippen molar-refractivity contribution in [2.24, 2.45) is 0 Å². The third-order valence-electron chi connectivity index (χ3n) is 2.40. The average Bonchev–Trinajstić information content (AvgIpc) is 2.33. The highest BCUT2D eigenvalue weighted by molar-refractivity contribution is 6.01. The second-order valence-corrected chi connectivity index (χ2v) is 3.76. The van der Waals surface area contributed by atoms with Gasteiger partial charge in [-0.05, 0) is 13.8 Å². The molecule has 0 saturated heterocycles. The van der Waals surface area contributed by atoms with E-state index in [1.54, 1.807) is 0 Å². The Bertz CT molecular complexity index is 474. The van der Waals surface area contributed by atoms with Crippen molar-refractivity contribution < 1.29 is 33.0 Å². The molecule has 0 radical (unpaired) electrons. The summed E-state index contributed by atoms with van der Waals surface area (Å²) in [5, 5.41) is 9.07. The molecular formula is C13H14F2O5. The second kappa shape index (κ2) is 6.83. The number of phenolic OH excluding ortho intramolecular Hbond substituents is 1. The molecule has 0 amide bonds. The SMILES string of the molecule is CCOC(=O)C(C(=O)OCC)c1c(F)cc(O)cc1F. The number of rotatable bonds is 5. The molecule has 0 aliphatic heterocycles. The molecule has 0 spiro atoms. The van der Waals surface area contributed by atoms with Crippen molar-refractivity contribution in [3.63, 3.8) is 0 Å². The van der Waals surface area contributed by atoms with Gasteiger partial charge < -0.3 is 14.6 Å².